The van der Waals surface area contributed by atoms with Crippen LogP contribution in [0.3, 0.4) is 0 Å². The second-order valence-electron chi connectivity index (χ2n) is 4.49. The van der Waals surface area contributed by atoms with Crippen LogP contribution in [-0.2, 0) is 0 Å². The number of hydrogen-bond acceptors (Lipinski definition) is 4. The molecule has 2 aromatic carbocycles. The summed E-state index contributed by atoms with van der Waals surface area (Å²) in [4.78, 5) is 12.0. The lowest BCUT2D eigenvalue weighted by molar-refractivity contribution is 0.0944. The molecule has 3 N–H and O–H groups in total. The third-order valence-corrected chi connectivity index (χ3v) is 3.17. The third kappa shape index (κ3) is 4.86. The van der Waals surface area contributed by atoms with Crippen molar-refractivity contribution in [1.29, 1.82) is 0 Å². The van der Waals surface area contributed by atoms with E-state index in [1.165, 1.54) is 0 Å². The summed E-state index contributed by atoms with van der Waals surface area (Å²) in [5.74, 6) is 1.09. The molecule has 23 heavy (non-hydrogen) atoms. The number of hydrazine groups is 1. The fraction of sp³-hybridized carbons (Fsp3) is 0.125. The van der Waals surface area contributed by atoms with Crippen LogP contribution in [0.5, 0.6) is 11.5 Å². The molecule has 0 heterocycles. The Morgan fingerprint density at radius 2 is 1.65 bits per heavy atom. The highest BCUT2D eigenvalue weighted by atomic mass is 32.1. The molecule has 0 fully saturated rings. The number of carbonyl (C=O) groups excluding carboxylic acids is 1. The van der Waals surface area contributed by atoms with E-state index >= 15 is 0 Å². The van der Waals surface area contributed by atoms with Gasteiger partial charge in [-0.15, -0.1) is 0 Å². The van der Waals surface area contributed by atoms with Crippen molar-refractivity contribution < 1.29 is 14.3 Å². The van der Waals surface area contributed by atoms with Gasteiger partial charge < -0.3 is 14.8 Å². The lowest BCUT2D eigenvalue weighted by Gasteiger charge is -2.12. The quantitative estimate of drug-likeness (QED) is 0.590. The van der Waals surface area contributed by atoms with Gasteiger partial charge in [-0.05, 0) is 48.6 Å². The molecule has 0 aliphatic carbocycles. The van der Waals surface area contributed by atoms with Gasteiger partial charge in [-0.2, -0.15) is 0 Å². The number of ether oxygens (including phenoxy) is 2. The lowest BCUT2D eigenvalue weighted by atomic mass is 10.2. The van der Waals surface area contributed by atoms with Gasteiger partial charge >= 0.3 is 0 Å². The van der Waals surface area contributed by atoms with Crippen molar-refractivity contribution in [2.45, 2.75) is 0 Å². The molecule has 0 bridgehead atoms. The predicted octanol–water partition coefficient (Wildman–Crippen LogP) is 2.34. The maximum absolute atomic E-state index is 12.0. The van der Waals surface area contributed by atoms with Crippen molar-refractivity contribution in [3.63, 3.8) is 0 Å². The largest absolute Gasteiger partial charge is 0.497 e. The van der Waals surface area contributed by atoms with E-state index in [1.54, 1.807) is 44.6 Å². The summed E-state index contributed by atoms with van der Waals surface area (Å²) >= 11 is 5.13. The fourth-order valence-corrected chi connectivity index (χ4v) is 1.96. The topological polar surface area (TPSA) is 71.6 Å². The summed E-state index contributed by atoms with van der Waals surface area (Å²) in [6.45, 7) is 0. The Labute approximate surface area is 139 Å². The Hall–Kier alpha value is -2.80. The standard InChI is InChI=1S/C16H17N3O3S/c1-21-13-8-6-11(7-9-13)15(20)18-19-16(23)17-12-4-3-5-14(10-12)22-2/h3-10H,1-2H3,(H,18,20)(H2,17,19,23). The van der Waals surface area contributed by atoms with Gasteiger partial charge in [-0.25, -0.2) is 0 Å². The first-order valence-corrected chi connectivity index (χ1v) is 7.18. The SMILES string of the molecule is COc1ccc(C(=O)NNC(=S)Nc2cccc(OC)c2)cc1. The number of nitrogens with one attached hydrogen (secondary N) is 3. The first-order valence-electron chi connectivity index (χ1n) is 6.78. The summed E-state index contributed by atoms with van der Waals surface area (Å²) in [5, 5.41) is 3.21. The van der Waals surface area contributed by atoms with Crippen molar-refractivity contribution in [3.05, 3.63) is 54.1 Å². The molecule has 0 atom stereocenters. The van der Waals surface area contributed by atoms with Crippen molar-refractivity contribution in [2.75, 3.05) is 19.5 Å². The van der Waals surface area contributed by atoms with E-state index < -0.39 is 0 Å². The molecule has 0 aromatic heterocycles. The second kappa shape index (κ2) is 8.00. The Balaban J connectivity index is 1.86. The molecule has 0 spiro atoms. The van der Waals surface area contributed by atoms with Gasteiger partial charge in [0.25, 0.3) is 5.91 Å². The van der Waals surface area contributed by atoms with E-state index in [0.717, 1.165) is 5.69 Å². The number of thiocarbonyl (C=S) groups is 1. The van der Waals surface area contributed by atoms with Crippen LogP contribution in [0.25, 0.3) is 0 Å². The van der Waals surface area contributed by atoms with Gasteiger partial charge in [0.15, 0.2) is 5.11 Å². The molecule has 0 aliphatic rings. The molecule has 0 radical (unpaired) electrons. The molecule has 7 heteroatoms. The summed E-state index contributed by atoms with van der Waals surface area (Å²) in [7, 11) is 3.16. The molecule has 0 unspecified atom stereocenters. The summed E-state index contributed by atoms with van der Waals surface area (Å²) in [6.07, 6.45) is 0. The van der Waals surface area contributed by atoms with Crippen LogP contribution in [-0.4, -0.2) is 25.2 Å². The van der Waals surface area contributed by atoms with Crippen molar-refractivity contribution in [3.8, 4) is 11.5 Å². The van der Waals surface area contributed by atoms with Gasteiger partial charge in [0.05, 0.1) is 14.2 Å². The molecular weight excluding hydrogens is 314 g/mol. The third-order valence-electron chi connectivity index (χ3n) is 2.97. The van der Waals surface area contributed by atoms with Crippen LogP contribution >= 0.6 is 12.2 Å². The van der Waals surface area contributed by atoms with Crippen LogP contribution in [0.15, 0.2) is 48.5 Å². The summed E-state index contributed by atoms with van der Waals surface area (Å²) in [5.41, 5.74) is 6.40. The highest BCUT2D eigenvalue weighted by Gasteiger charge is 2.06. The highest BCUT2D eigenvalue weighted by Crippen LogP contribution is 2.16. The zero-order chi connectivity index (χ0) is 16.7. The second-order valence-corrected chi connectivity index (χ2v) is 4.90. The smallest absolute Gasteiger partial charge is 0.269 e. The van der Waals surface area contributed by atoms with Gasteiger partial charge in [0, 0.05) is 17.3 Å². The van der Waals surface area contributed by atoms with E-state index in [4.69, 9.17) is 21.7 Å². The summed E-state index contributed by atoms with van der Waals surface area (Å²) in [6, 6.07) is 14.0. The first-order chi connectivity index (χ1) is 11.1. The van der Waals surface area contributed by atoms with Gasteiger partial charge in [-0.1, -0.05) is 6.07 Å². The molecule has 2 rings (SSSR count). The van der Waals surface area contributed by atoms with Crippen LogP contribution in [0.1, 0.15) is 10.4 Å². The Kier molecular flexibility index (Phi) is 5.76. The minimum atomic E-state index is -0.303. The highest BCUT2D eigenvalue weighted by molar-refractivity contribution is 7.80. The normalized spacial score (nSPS) is 9.65. The average Bonchev–Trinajstić information content (AvgIpc) is 2.60. The van der Waals surface area contributed by atoms with Crippen LogP contribution in [0.4, 0.5) is 5.69 Å². The van der Waals surface area contributed by atoms with E-state index in [-0.39, 0.29) is 11.0 Å². The molecule has 0 saturated heterocycles. The van der Waals surface area contributed by atoms with Crippen molar-refractivity contribution in [2.24, 2.45) is 0 Å². The Bertz CT molecular complexity index is 689. The fourth-order valence-electron chi connectivity index (χ4n) is 1.79. The minimum absolute atomic E-state index is 0.264. The molecular formula is C16H17N3O3S. The van der Waals surface area contributed by atoms with E-state index in [2.05, 4.69) is 16.2 Å². The van der Waals surface area contributed by atoms with E-state index in [1.807, 2.05) is 18.2 Å². The minimum Gasteiger partial charge on any atom is -0.497 e. The molecule has 6 nitrogen and oxygen atoms in total. The maximum atomic E-state index is 12.0. The Morgan fingerprint density at radius 1 is 0.957 bits per heavy atom. The number of anilines is 1. The van der Waals surface area contributed by atoms with Crippen LogP contribution in [0.2, 0.25) is 0 Å². The van der Waals surface area contributed by atoms with Gasteiger partial charge in [0.2, 0.25) is 0 Å². The molecule has 1 amide bonds. The van der Waals surface area contributed by atoms with E-state index in [9.17, 15) is 4.79 Å². The number of amides is 1. The van der Waals surface area contributed by atoms with Crippen molar-refractivity contribution in [1.82, 2.24) is 10.9 Å². The number of carbonyl (C=O) groups is 1. The number of hydrogen-bond donors (Lipinski definition) is 3. The lowest BCUT2D eigenvalue weighted by Crippen LogP contribution is -2.43. The predicted molar refractivity (Wildman–Crippen MR) is 92.8 cm³/mol. The first kappa shape index (κ1) is 16.6. The number of benzene rings is 2. The molecule has 0 saturated carbocycles. The number of rotatable bonds is 4. The average molecular weight is 331 g/mol. The monoisotopic (exact) mass is 331 g/mol. The van der Waals surface area contributed by atoms with Crippen molar-refractivity contribution >= 4 is 28.9 Å². The summed E-state index contributed by atoms with van der Waals surface area (Å²) < 4.78 is 10.2. The zero-order valence-electron chi connectivity index (χ0n) is 12.8. The Morgan fingerprint density at radius 3 is 2.30 bits per heavy atom. The number of methoxy groups -OCH3 is 2. The van der Waals surface area contributed by atoms with E-state index in [0.29, 0.717) is 17.1 Å². The molecule has 120 valence electrons. The van der Waals surface area contributed by atoms with Crippen LogP contribution in [0, 0.1) is 0 Å². The van der Waals surface area contributed by atoms with Crippen LogP contribution < -0.4 is 25.6 Å². The van der Waals surface area contributed by atoms with Gasteiger partial charge in [-0.3, -0.25) is 15.6 Å². The molecule has 0 aliphatic heterocycles. The zero-order valence-corrected chi connectivity index (χ0v) is 13.6. The maximum Gasteiger partial charge on any atom is 0.269 e. The molecule has 2 aromatic rings. The van der Waals surface area contributed by atoms with Gasteiger partial charge in [0.1, 0.15) is 11.5 Å².